The molecule has 0 bridgehead atoms. The van der Waals surface area contributed by atoms with E-state index in [0.29, 0.717) is 5.56 Å². The molecule has 0 fully saturated rings. The van der Waals surface area contributed by atoms with Crippen LogP contribution in [-0.2, 0) is 4.33 Å². The minimum atomic E-state index is -1.40. The lowest BCUT2D eigenvalue weighted by Crippen LogP contribution is -2.30. The molecule has 0 spiro atoms. The number of amidine groups is 1. The van der Waals surface area contributed by atoms with Crippen molar-refractivity contribution in [2.45, 2.75) is 4.33 Å². The molecule has 0 amide bonds. The van der Waals surface area contributed by atoms with Crippen LogP contribution in [-0.4, -0.2) is 5.84 Å². The smallest absolute Gasteiger partial charge is 0.198 e. The fraction of sp³-hybridized carbons (Fsp3) is 0.125. The van der Waals surface area contributed by atoms with Gasteiger partial charge in [-0.1, -0.05) is 53.5 Å². The largest absolute Gasteiger partial charge is 0.385 e. The van der Waals surface area contributed by atoms with Gasteiger partial charge in [0.05, 0.1) is 0 Å². The lowest BCUT2D eigenvalue weighted by molar-refractivity contribution is 1.11. The summed E-state index contributed by atoms with van der Waals surface area (Å²) >= 11 is 11.6. The second-order valence-corrected chi connectivity index (χ2v) is 3.68. The van der Waals surface area contributed by atoms with Crippen LogP contribution in [0.3, 0.4) is 0 Å². The summed E-state index contributed by atoms with van der Waals surface area (Å²) in [6, 6.07) is 8.87. The summed E-state index contributed by atoms with van der Waals surface area (Å²) in [5.41, 5.74) is 5.83. The Balaban J connectivity index is 3.06. The van der Waals surface area contributed by atoms with Crippen LogP contribution in [0, 0.1) is 5.41 Å². The lowest BCUT2D eigenvalue weighted by Gasteiger charge is -2.17. The Morgan fingerprint density at radius 2 is 1.75 bits per heavy atom. The summed E-state index contributed by atoms with van der Waals surface area (Å²) in [6.07, 6.45) is 0. The Morgan fingerprint density at radius 3 is 2.17 bits per heavy atom. The van der Waals surface area contributed by atoms with E-state index >= 15 is 0 Å². The van der Waals surface area contributed by atoms with Gasteiger partial charge in [0, 0.05) is 0 Å². The van der Waals surface area contributed by atoms with E-state index in [0.717, 1.165) is 0 Å². The van der Waals surface area contributed by atoms with Gasteiger partial charge in [0.1, 0.15) is 5.84 Å². The van der Waals surface area contributed by atoms with Crippen LogP contribution in [0.25, 0.3) is 0 Å². The van der Waals surface area contributed by atoms with Crippen molar-refractivity contribution in [3.63, 3.8) is 0 Å². The Hall–Kier alpha value is -0.730. The molecule has 0 aromatic heterocycles. The Kier molecular flexibility index (Phi) is 2.60. The van der Waals surface area contributed by atoms with Crippen LogP contribution in [0.15, 0.2) is 30.3 Å². The monoisotopic (exact) mass is 202 g/mol. The van der Waals surface area contributed by atoms with Crippen molar-refractivity contribution < 1.29 is 0 Å². The third kappa shape index (κ3) is 1.71. The van der Waals surface area contributed by atoms with Gasteiger partial charge in [0.2, 0.25) is 0 Å². The molecule has 12 heavy (non-hydrogen) atoms. The molecule has 0 aliphatic heterocycles. The van der Waals surface area contributed by atoms with E-state index < -0.39 is 4.33 Å². The van der Waals surface area contributed by atoms with Crippen molar-refractivity contribution in [1.82, 2.24) is 0 Å². The zero-order valence-corrected chi connectivity index (χ0v) is 7.73. The summed E-state index contributed by atoms with van der Waals surface area (Å²) in [6.45, 7) is 0. The molecular formula is C8H8Cl2N2. The molecule has 2 nitrogen and oxygen atoms in total. The third-order valence-electron chi connectivity index (χ3n) is 1.47. The molecule has 0 aliphatic carbocycles. The van der Waals surface area contributed by atoms with Gasteiger partial charge in [-0.15, -0.1) is 0 Å². The normalized spacial score (nSPS) is 11.2. The van der Waals surface area contributed by atoms with E-state index in [-0.39, 0.29) is 5.84 Å². The zero-order chi connectivity index (χ0) is 9.19. The van der Waals surface area contributed by atoms with Gasteiger partial charge >= 0.3 is 0 Å². The summed E-state index contributed by atoms with van der Waals surface area (Å²) < 4.78 is -1.40. The van der Waals surface area contributed by atoms with Crippen molar-refractivity contribution in [3.05, 3.63) is 35.9 Å². The standard InChI is InChI=1S/C8H8Cl2N2/c9-8(10,7(11)12)6-4-2-1-3-5-6/h1-5H,(H3,11,12). The molecular weight excluding hydrogens is 195 g/mol. The van der Waals surface area contributed by atoms with E-state index in [1.807, 2.05) is 6.07 Å². The highest BCUT2D eigenvalue weighted by Crippen LogP contribution is 2.32. The highest BCUT2D eigenvalue weighted by molar-refractivity contribution is 6.57. The number of alkyl halides is 2. The van der Waals surface area contributed by atoms with Crippen molar-refractivity contribution in [3.8, 4) is 0 Å². The van der Waals surface area contributed by atoms with Crippen LogP contribution in [0.2, 0.25) is 0 Å². The van der Waals surface area contributed by atoms with E-state index in [1.54, 1.807) is 24.3 Å². The van der Waals surface area contributed by atoms with Gasteiger partial charge in [-0.3, -0.25) is 5.41 Å². The molecule has 0 saturated heterocycles. The number of halogens is 2. The summed E-state index contributed by atoms with van der Waals surface area (Å²) in [5, 5.41) is 7.15. The third-order valence-corrected chi connectivity index (χ3v) is 2.32. The van der Waals surface area contributed by atoms with Gasteiger partial charge in [-0.05, 0) is 5.56 Å². The second kappa shape index (κ2) is 3.33. The average molecular weight is 203 g/mol. The molecule has 1 aromatic rings. The fourth-order valence-corrected chi connectivity index (χ4v) is 1.05. The van der Waals surface area contributed by atoms with Crippen LogP contribution in [0.4, 0.5) is 0 Å². The first kappa shape index (κ1) is 9.36. The predicted molar refractivity (Wildman–Crippen MR) is 51.7 cm³/mol. The molecule has 0 aliphatic rings. The van der Waals surface area contributed by atoms with E-state index in [9.17, 15) is 0 Å². The fourth-order valence-electron chi connectivity index (χ4n) is 0.803. The zero-order valence-electron chi connectivity index (χ0n) is 6.22. The first-order valence-electron chi connectivity index (χ1n) is 3.33. The van der Waals surface area contributed by atoms with Gasteiger partial charge < -0.3 is 5.73 Å². The summed E-state index contributed by atoms with van der Waals surface area (Å²) in [5.74, 6) is -0.267. The van der Waals surface area contributed by atoms with Gasteiger partial charge in [-0.2, -0.15) is 0 Å². The van der Waals surface area contributed by atoms with Gasteiger partial charge in [0.25, 0.3) is 0 Å². The maximum Gasteiger partial charge on any atom is 0.198 e. The predicted octanol–water partition coefficient (Wildman–Crippen LogP) is 2.25. The van der Waals surface area contributed by atoms with Crippen LogP contribution >= 0.6 is 23.2 Å². The molecule has 4 heteroatoms. The SMILES string of the molecule is N=C(N)C(Cl)(Cl)c1ccccc1. The van der Waals surface area contributed by atoms with Crippen molar-refractivity contribution >= 4 is 29.0 Å². The molecule has 1 aromatic carbocycles. The Bertz CT molecular complexity index is 282. The number of benzene rings is 1. The van der Waals surface area contributed by atoms with Gasteiger partial charge in [0.15, 0.2) is 4.33 Å². The Labute approximate surface area is 80.8 Å². The van der Waals surface area contributed by atoms with E-state index in [4.69, 9.17) is 34.3 Å². The highest BCUT2D eigenvalue weighted by atomic mass is 35.5. The van der Waals surface area contributed by atoms with Crippen molar-refractivity contribution in [2.24, 2.45) is 5.73 Å². The maximum atomic E-state index is 7.15. The quantitative estimate of drug-likeness (QED) is 0.432. The molecule has 0 saturated carbocycles. The van der Waals surface area contributed by atoms with Crippen molar-refractivity contribution in [1.29, 1.82) is 5.41 Å². The van der Waals surface area contributed by atoms with Gasteiger partial charge in [-0.25, -0.2) is 0 Å². The number of nitrogens with two attached hydrogens (primary N) is 1. The molecule has 64 valence electrons. The Morgan fingerprint density at radius 1 is 1.25 bits per heavy atom. The first-order valence-corrected chi connectivity index (χ1v) is 4.08. The second-order valence-electron chi connectivity index (χ2n) is 2.35. The van der Waals surface area contributed by atoms with Crippen molar-refractivity contribution in [2.75, 3.05) is 0 Å². The summed E-state index contributed by atoms with van der Waals surface area (Å²) in [7, 11) is 0. The molecule has 0 unspecified atom stereocenters. The number of hydrogen-bond donors (Lipinski definition) is 2. The van der Waals surface area contributed by atoms with Crippen LogP contribution < -0.4 is 5.73 Å². The van der Waals surface area contributed by atoms with Crippen LogP contribution in [0.5, 0.6) is 0 Å². The number of hydrogen-bond acceptors (Lipinski definition) is 1. The highest BCUT2D eigenvalue weighted by Gasteiger charge is 2.29. The topological polar surface area (TPSA) is 49.9 Å². The minimum Gasteiger partial charge on any atom is -0.385 e. The molecule has 0 atom stereocenters. The molecule has 1 rings (SSSR count). The van der Waals surface area contributed by atoms with Crippen LogP contribution in [0.1, 0.15) is 5.56 Å². The first-order chi connectivity index (χ1) is 5.55. The average Bonchev–Trinajstić information content (AvgIpc) is 2.06. The summed E-state index contributed by atoms with van der Waals surface area (Å²) in [4.78, 5) is 0. The molecule has 0 heterocycles. The molecule has 3 N–H and O–H groups in total. The minimum absolute atomic E-state index is 0.267. The number of rotatable bonds is 2. The maximum absolute atomic E-state index is 7.15. The van der Waals surface area contributed by atoms with E-state index in [2.05, 4.69) is 0 Å². The molecule has 0 radical (unpaired) electrons. The lowest BCUT2D eigenvalue weighted by atomic mass is 10.1. The van der Waals surface area contributed by atoms with E-state index in [1.165, 1.54) is 0 Å². The number of nitrogens with one attached hydrogen (secondary N) is 1.